The van der Waals surface area contributed by atoms with Crippen LogP contribution in [0.3, 0.4) is 0 Å². The van der Waals surface area contributed by atoms with Crippen molar-refractivity contribution in [2.75, 3.05) is 11.9 Å². The van der Waals surface area contributed by atoms with Gasteiger partial charge in [-0.2, -0.15) is 9.78 Å². The first-order chi connectivity index (χ1) is 15.7. The minimum absolute atomic E-state index is 0.0707. The van der Waals surface area contributed by atoms with Gasteiger partial charge < -0.3 is 10.1 Å². The van der Waals surface area contributed by atoms with Gasteiger partial charge in [-0.25, -0.2) is 9.97 Å². The molecule has 1 aliphatic rings. The summed E-state index contributed by atoms with van der Waals surface area (Å²) in [6, 6.07) is 19.9. The highest BCUT2D eigenvalue weighted by molar-refractivity contribution is 5.95. The smallest absolute Gasteiger partial charge is 0.252 e. The zero-order valence-corrected chi connectivity index (χ0v) is 17.7. The van der Waals surface area contributed by atoms with Gasteiger partial charge in [0, 0.05) is 42.3 Å². The SMILES string of the molecule is Cc1nn(-c2ncccn2)c2c1[C@@H](c1ccccc1OCCc1ccccc1)CC(=O)N2. The first-order valence-corrected chi connectivity index (χ1v) is 10.6. The molecule has 1 N–H and O–H groups in total. The highest BCUT2D eigenvalue weighted by atomic mass is 16.5. The van der Waals surface area contributed by atoms with Crippen molar-refractivity contribution in [2.24, 2.45) is 0 Å². The van der Waals surface area contributed by atoms with Crippen LogP contribution in [0.15, 0.2) is 73.1 Å². The molecule has 4 aromatic rings. The Morgan fingerprint density at radius 1 is 1.03 bits per heavy atom. The second-order valence-corrected chi connectivity index (χ2v) is 7.74. The molecule has 1 atom stereocenters. The Hall–Kier alpha value is -4.00. The zero-order valence-electron chi connectivity index (χ0n) is 17.7. The second-order valence-electron chi connectivity index (χ2n) is 7.74. The number of hydrogen-bond acceptors (Lipinski definition) is 5. The first kappa shape index (κ1) is 19.9. The summed E-state index contributed by atoms with van der Waals surface area (Å²) in [4.78, 5) is 21.3. The van der Waals surface area contributed by atoms with Crippen molar-refractivity contribution in [3.63, 3.8) is 0 Å². The number of carbonyl (C=O) groups excluding carboxylic acids is 1. The van der Waals surface area contributed by atoms with Crippen molar-refractivity contribution in [1.29, 1.82) is 0 Å². The number of benzene rings is 2. The number of aromatic nitrogens is 4. The maximum absolute atomic E-state index is 12.7. The standard InChI is InChI=1S/C25H23N5O2/c1-17-23-20(16-22(31)28-24(23)30(29-17)25-26-13-7-14-27-25)19-10-5-6-11-21(19)32-15-12-18-8-3-2-4-9-18/h2-11,13-14,20H,12,15-16H2,1H3,(H,28,31)/t20-/m1/s1. The summed E-state index contributed by atoms with van der Waals surface area (Å²) in [5.41, 5.74) is 4.00. The average Bonchev–Trinajstić information content (AvgIpc) is 3.16. The van der Waals surface area contributed by atoms with E-state index in [1.165, 1.54) is 5.56 Å². The lowest BCUT2D eigenvalue weighted by molar-refractivity contribution is -0.116. The lowest BCUT2D eigenvalue weighted by Crippen LogP contribution is -2.25. The lowest BCUT2D eigenvalue weighted by Gasteiger charge is -2.25. The summed E-state index contributed by atoms with van der Waals surface area (Å²) in [6.45, 7) is 2.50. The monoisotopic (exact) mass is 425 g/mol. The van der Waals surface area contributed by atoms with Gasteiger partial charge in [0.05, 0.1) is 12.3 Å². The summed E-state index contributed by atoms with van der Waals surface area (Å²) in [6.07, 6.45) is 4.45. The third-order valence-electron chi connectivity index (χ3n) is 5.63. The zero-order chi connectivity index (χ0) is 21.9. The van der Waals surface area contributed by atoms with Crippen molar-refractivity contribution in [3.8, 4) is 11.7 Å². The van der Waals surface area contributed by atoms with Crippen molar-refractivity contribution in [2.45, 2.75) is 25.7 Å². The van der Waals surface area contributed by atoms with Crippen LogP contribution in [-0.2, 0) is 11.2 Å². The second kappa shape index (κ2) is 8.63. The van der Waals surface area contributed by atoms with Crippen molar-refractivity contribution in [3.05, 3.63) is 95.4 Å². The molecule has 3 heterocycles. The molecule has 0 unspecified atom stereocenters. The van der Waals surface area contributed by atoms with Gasteiger partial charge in [0.25, 0.3) is 5.95 Å². The van der Waals surface area contributed by atoms with Crippen LogP contribution in [-0.4, -0.2) is 32.3 Å². The Morgan fingerprint density at radius 3 is 2.59 bits per heavy atom. The van der Waals surface area contributed by atoms with Crippen LogP contribution in [0.25, 0.3) is 5.95 Å². The molecule has 0 saturated carbocycles. The Bertz CT molecular complexity index is 1240. The molecule has 7 nitrogen and oxygen atoms in total. The van der Waals surface area contributed by atoms with Gasteiger partial charge >= 0.3 is 0 Å². The van der Waals surface area contributed by atoms with Gasteiger partial charge in [-0.05, 0) is 24.6 Å². The minimum Gasteiger partial charge on any atom is -0.493 e. The van der Waals surface area contributed by atoms with Crippen LogP contribution in [0, 0.1) is 6.92 Å². The molecule has 2 aromatic heterocycles. The summed E-state index contributed by atoms with van der Waals surface area (Å²) < 4.78 is 7.80. The van der Waals surface area contributed by atoms with Crippen molar-refractivity contribution in [1.82, 2.24) is 19.7 Å². The molecular formula is C25H23N5O2. The highest BCUT2D eigenvalue weighted by Gasteiger charge is 2.34. The van der Waals surface area contributed by atoms with E-state index in [4.69, 9.17) is 4.74 Å². The summed E-state index contributed by atoms with van der Waals surface area (Å²) in [5.74, 6) is 1.60. The Labute approximate surface area is 186 Å². The van der Waals surface area contributed by atoms with Crippen LogP contribution >= 0.6 is 0 Å². The number of fused-ring (bicyclic) bond motifs is 1. The number of rotatable bonds is 6. The lowest BCUT2D eigenvalue weighted by atomic mass is 9.85. The number of hydrogen-bond donors (Lipinski definition) is 1. The van der Waals surface area contributed by atoms with Crippen LogP contribution in [0.2, 0.25) is 0 Å². The quantitative estimate of drug-likeness (QED) is 0.504. The van der Waals surface area contributed by atoms with E-state index in [1.54, 1.807) is 23.1 Å². The van der Waals surface area contributed by atoms with E-state index >= 15 is 0 Å². The van der Waals surface area contributed by atoms with E-state index in [1.807, 2.05) is 49.4 Å². The van der Waals surface area contributed by atoms with Crippen molar-refractivity contribution >= 4 is 11.7 Å². The van der Waals surface area contributed by atoms with E-state index in [2.05, 4.69) is 32.5 Å². The fraction of sp³-hybridized carbons (Fsp3) is 0.200. The van der Waals surface area contributed by atoms with Gasteiger partial charge in [-0.3, -0.25) is 4.79 Å². The van der Waals surface area contributed by atoms with E-state index < -0.39 is 0 Å². The van der Waals surface area contributed by atoms with Gasteiger partial charge in [0.2, 0.25) is 5.91 Å². The molecule has 0 radical (unpaired) electrons. The number of carbonyl (C=O) groups is 1. The number of nitrogens with zero attached hydrogens (tertiary/aromatic N) is 4. The van der Waals surface area contributed by atoms with E-state index in [0.29, 0.717) is 24.8 Å². The highest BCUT2D eigenvalue weighted by Crippen LogP contribution is 2.42. The van der Waals surface area contributed by atoms with Gasteiger partial charge in [0.15, 0.2) is 0 Å². The Kier molecular flexibility index (Phi) is 5.37. The number of ether oxygens (including phenoxy) is 1. The Balaban J connectivity index is 1.48. The maximum atomic E-state index is 12.7. The topological polar surface area (TPSA) is 81.9 Å². The third kappa shape index (κ3) is 3.85. The predicted molar refractivity (Wildman–Crippen MR) is 121 cm³/mol. The number of anilines is 1. The van der Waals surface area contributed by atoms with E-state index in [-0.39, 0.29) is 11.8 Å². The molecule has 0 bridgehead atoms. The fourth-order valence-corrected chi connectivity index (χ4v) is 4.18. The third-order valence-corrected chi connectivity index (χ3v) is 5.63. The minimum atomic E-state index is -0.163. The average molecular weight is 425 g/mol. The molecule has 1 aliphatic heterocycles. The van der Waals surface area contributed by atoms with Gasteiger partial charge in [0.1, 0.15) is 11.6 Å². The Morgan fingerprint density at radius 2 is 1.78 bits per heavy atom. The summed E-state index contributed by atoms with van der Waals surface area (Å²) in [5, 5.41) is 7.61. The summed E-state index contributed by atoms with van der Waals surface area (Å²) >= 11 is 0. The molecular weight excluding hydrogens is 402 g/mol. The van der Waals surface area contributed by atoms with Gasteiger partial charge in [-0.15, -0.1) is 0 Å². The molecule has 1 amide bonds. The molecule has 2 aromatic carbocycles. The molecule has 7 heteroatoms. The summed E-state index contributed by atoms with van der Waals surface area (Å²) in [7, 11) is 0. The molecule has 0 aliphatic carbocycles. The van der Waals surface area contributed by atoms with Gasteiger partial charge in [-0.1, -0.05) is 48.5 Å². The molecule has 160 valence electrons. The maximum Gasteiger partial charge on any atom is 0.252 e. The predicted octanol–water partition coefficient (Wildman–Crippen LogP) is 4.07. The molecule has 32 heavy (non-hydrogen) atoms. The molecule has 0 fully saturated rings. The van der Waals surface area contributed by atoms with Crippen LogP contribution in [0.5, 0.6) is 5.75 Å². The fourth-order valence-electron chi connectivity index (χ4n) is 4.18. The van der Waals surface area contributed by atoms with Crippen molar-refractivity contribution < 1.29 is 9.53 Å². The number of amides is 1. The number of aryl methyl sites for hydroxylation is 1. The van der Waals surface area contributed by atoms with E-state index in [9.17, 15) is 4.79 Å². The van der Waals surface area contributed by atoms with Crippen LogP contribution in [0.4, 0.5) is 5.82 Å². The normalized spacial score (nSPS) is 15.2. The van der Waals surface area contributed by atoms with E-state index in [0.717, 1.165) is 29.0 Å². The van der Waals surface area contributed by atoms with Crippen LogP contribution in [0.1, 0.15) is 34.7 Å². The molecule has 0 spiro atoms. The van der Waals surface area contributed by atoms with Crippen LogP contribution < -0.4 is 10.1 Å². The molecule has 5 rings (SSSR count). The first-order valence-electron chi connectivity index (χ1n) is 10.6. The number of para-hydroxylation sites is 1. The largest absolute Gasteiger partial charge is 0.493 e. The number of nitrogens with one attached hydrogen (secondary N) is 1. The molecule has 0 saturated heterocycles.